The van der Waals surface area contributed by atoms with Crippen molar-refractivity contribution in [2.24, 2.45) is 0 Å². The Labute approximate surface area is 88.7 Å². The van der Waals surface area contributed by atoms with Gasteiger partial charge in [-0.2, -0.15) is 0 Å². The molecule has 1 atom stereocenters. The first-order valence-corrected chi connectivity index (χ1v) is 5.50. The fourth-order valence-corrected chi connectivity index (χ4v) is 1.37. The Morgan fingerprint density at radius 1 is 1.08 bits per heavy atom. The van der Waals surface area contributed by atoms with Gasteiger partial charge in [0.15, 0.2) is 0 Å². The van der Waals surface area contributed by atoms with Crippen LogP contribution in [0.1, 0.15) is 34.6 Å². The fraction of sp³-hybridized carbons (Fsp3) is 1.00. The van der Waals surface area contributed by atoms with Crippen LogP contribution in [0.2, 0.25) is 0 Å². The normalized spacial score (nSPS) is 29.0. The van der Waals surface area contributed by atoms with Crippen LogP contribution in [0, 0.1) is 0 Å². The molecular weight excluding hydrogens is 266 g/mol. The summed E-state index contributed by atoms with van der Waals surface area (Å²) in [4.78, 5) is 0. The highest BCUT2D eigenvalue weighted by molar-refractivity contribution is 14.1. The number of hydrogen-bond acceptors (Lipinski definition) is 2. The molecule has 1 fully saturated rings. The molecule has 0 aliphatic carbocycles. The molecule has 4 heteroatoms. The van der Waals surface area contributed by atoms with Crippen LogP contribution in [0.3, 0.4) is 0 Å². The quantitative estimate of drug-likeness (QED) is 0.418. The molecule has 1 aliphatic heterocycles. The maximum absolute atomic E-state index is 5.80. The third-order valence-corrected chi connectivity index (χ3v) is 3.23. The van der Waals surface area contributed by atoms with E-state index in [2.05, 4.69) is 57.2 Å². The Morgan fingerprint density at radius 3 is 1.58 bits per heavy atom. The van der Waals surface area contributed by atoms with E-state index in [0.717, 1.165) is 0 Å². The summed E-state index contributed by atoms with van der Waals surface area (Å²) >= 11 is 2.33. The van der Waals surface area contributed by atoms with Crippen LogP contribution in [0.5, 0.6) is 0 Å². The van der Waals surface area contributed by atoms with Gasteiger partial charge in [0.2, 0.25) is 0 Å². The van der Waals surface area contributed by atoms with Gasteiger partial charge in [0.25, 0.3) is 0 Å². The Bertz CT molecular complexity index is 164. The molecule has 1 unspecified atom stereocenters. The fourth-order valence-electron chi connectivity index (χ4n) is 1.08. The average Bonchev–Trinajstić information content (AvgIpc) is 2.03. The Hall–Kier alpha value is 0.715. The molecular formula is C8H16BIO2. The van der Waals surface area contributed by atoms with E-state index in [1.165, 1.54) is 0 Å². The van der Waals surface area contributed by atoms with Gasteiger partial charge in [-0.25, -0.2) is 0 Å². The van der Waals surface area contributed by atoms with Gasteiger partial charge in [0.1, 0.15) is 0 Å². The number of rotatable bonds is 1. The summed E-state index contributed by atoms with van der Waals surface area (Å²) in [7, 11) is -0.0596. The van der Waals surface area contributed by atoms with Crippen LogP contribution >= 0.6 is 22.6 Å². The van der Waals surface area contributed by atoms with E-state index in [0.29, 0.717) is 3.82 Å². The van der Waals surface area contributed by atoms with Crippen LogP contribution in [-0.2, 0) is 9.31 Å². The van der Waals surface area contributed by atoms with Crippen molar-refractivity contribution in [3.05, 3.63) is 0 Å². The molecule has 1 rings (SSSR count). The molecule has 2 nitrogen and oxygen atoms in total. The predicted molar refractivity (Wildman–Crippen MR) is 59.6 cm³/mol. The molecule has 0 spiro atoms. The molecule has 0 bridgehead atoms. The molecule has 1 saturated heterocycles. The molecule has 0 N–H and O–H groups in total. The van der Waals surface area contributed by atoms with Crippen molar-refractivity contribution < 1.29 is 9.31 Å². The van der Waals surface area contributed by atoms with Crippen LogP contribution in [0.25, 0.3) is 0 Å². The zero-order valence-electron chi connectivity index (χ0n) is 8.35. The van der Waals surface area contributed by atoms with Gasteiger partial charge < -0.3 is 9.31 Å². The zero-order valence-corrected chi connectivity index (χ0v) is 10.5. The predicted octanol–water partition coefficient (Wildman–Crippen LogP) is 2.44. The highest BCUT2D eigenvalue weighted by Crippen LogP contribution is 2.38. The Balaban J connectivity index is 2.74. The lowest BCUT2D eigenvalue weighted by Gasteiger charge is -2.32. The van der Waals surface area contributed by atoms with E-state index in [9.17, 15) is 0 Å². The highest BCUT2D eigenvalue weighted by atomic mass is 127. The SMILES string of the molecule is CC(I)B1OC(C)(C)C(C)(C)O1. The first kappa shape index (κ1) is 10.8. The maximum Gasteiger partial charge on any atom is 0.471 e. The summed E-state index contributed by atoms with van der Waals surface area (Å²) in [5.41, 5.74) is -0.367. The van der Waals surface area contributed by atoms with Crippen molar-refractivity contribution in [1.29, 1.82) is 0 Å². The van der Waals surface area contributed by atoms with Crippen molar-refractivity contribution >= 4 is 29.7 Å². The lowest BCUT2D eigenvalue weighted by atomic mass is 9.86. The molecule has 1 heterocycles. The van der Waals surface area contributed by atoms with E-state index in [-0.39, 0.29) is 18.3 Å². The first-order valence-electron chi connectivity index (χ1n) is 4.26. The van der Waals surface area contributed by atoms with Gasteiger partial charge >= 0.3 is 7.12 Å². The van der Waals surface area contributed by atoms with Crippen molar-refractivity contribution in [1.82, 2.24) is 0 Å². The van der Waals surface area contributed by atoms with Crippen LogP contribution in [0.4, 0.5) is 0 Å². The second kappa shape index (κ2) is 3.13. The second-order valence-electron chi connectivity index (χ2n) is 4.30. The molecule has 0 amide bonds. The first-order chi connectivity index (χ1) is 5.26. The zero-order chi connectivity index (χ0) is 9.57. The van der Waals surface area contributed by atoms with E-state index < -0.39 is 0 Å². The van der Waals surface area contributed by atoms with E-state index in [1.807, 2.05) is 0 Å². The topological polar surface area (TPSA) is 18.5 Å². The van der Waals surface area contributed by atoms with Crippen molar-refractivity contribution in [2.75, 3.05) is 0 Å². The summed E-state index contributed by atoms with van der Waals surface area (Å²) in [6, 6.07) is 0. The lowest BCUT2D eigenvalue weighted by Crippen LogP contribution is -2.41. The van der Waals surface area contributed by atoms with Gasteiger partial charge in [-0.05, 0) is 27.7 Å². The molecule has 12 heavy (non-hydrogen) atoms. The minimum Gasteiger partial charge on any atom is -0.403 e. The third kappa shape index (κ3) is 1.80. The van der Waals surface area contributed by atoms with Crippen LogP contribution in [0.15, 0.2) is 0 Å². The lowest BCUT2D eigenvalue weighted by molar-refractivity contribution is 0.00578. The third-order valence-electron chi connectivity index (χ3n) is 2.65. The Kier molecular flexibility index (Phi) is 2.82. The van der Waals surface area contributed by atoms with Crippen molar-refractivity contribution in [2.45, 2.75) is 49.6 Å². The van der Waals surface area contributed by atoms with Crippen LogP contribution < -0.4 is 0 Å². The average molecular weight is 282 g/mol. The van der Waals surface area contributed by atoms with Gasteiger partial charge in [-0.1, -0.05) is 29.5 Å². The summed E-state index contributed by atoms with van der Waals surface area (Å²) in [5.74, 6) is 0. The molecule has 1 aliphatic rings. The monoisotopic (exact) mass is 282 g/mol. The summed E-state index contributed by atoms with van der Waals surface area (Å²) in [5, 5.41) is 0. The van der Waals surface area contributed by atoms with Gasteiger partial charge in [-0.3, -0.25) is 0 Å². The molecule has 0 aromatic carbocycles. The van der Waals surface area contributed by atoms with E-state index >= 15 is 0 Å². The summed E-state index contributed by atoms with van der Waals surface area (Å²) in [6.45, 7) is 10.4. The number of halogens is 1. The molecule has 0 aromatic heterocycles. The summed E-state index contributed by atoms with van der Waals surface area (Å²) < 4.78 is 12.0. The van der Waals surface area contributed by atoms with E-state index in [4.69, 9.17) is 9.31 Å². The van der Waals surface area contributed by atoms with Crippen molar-refractivity contribution in [3.8, 4) is 0 Å². The number of alkyl halides is 1. The number of hydrogen-bond donors (Lipinski definition) is 0. The molecule has 0 aromatic rings. The molecule has 0 radical (unpaired) electrons. The smallest absolute Gasteiger partial charge is 0.403 e. The van der Waals surface area contributed by atoms with E-state index in [1.54, 1.807) is 0 Å². The maximum atomic E-state index is 5.80. The second-order valence-corrected chi connectivity index (χ2v) is 6.27. The minimum absolute atomic E-state index is 0.0596. The van der Waals surface area contributed by atoms with Gasteiger partial charge in [-0.15, -0.1) is 0 Å². The minimum atomic E-state index is -0.183. The van der Waals surface area contributed by atoms with Crippen molar-refractivity contribution in [3.63, 3.8) is 0 Å². The molecule has 70 valence electrons. The van der Waals surface area contributed by atoms with Crippen LogP contribution in [-0.4, -0.2) is 22.1 Å². The largest absolute Gasteiger partial charge is 0.471 e. The standard InChI is InChI=1S/C8H16BIO2/c1-6(10)9-11-7(2,3)8(4,5)12-9/h6H,1-5H3. The van der Waals surface area contributed by atoms with Gasteiger partial charge in [0, 0.05) is 3.82 Å². The van der Waals surface area contributed by atoms with Gasteiger partial charge in [0.05, 0.1) is 11.2 Å². The summed E-state index contributed by atoms with van der Waals surface area (Å²) in [6.07, 6.45) is 0. The Morgan fingerprint density at radius 2 is 1.42 bits per heavy atom. The molecule has 0 saturated carbocycles. The highest BCUT2D eigenvalue weighted by Gasteiger charge is 2.52.